The van der Waals surface area contributed by atoms with Gasteiger partial charge in [-0.25, -0.2) is 0 Å². The van der Waals surface area contributed by atoms with Gasteiger partial charge in [0.1, 0.15) is 13.8 Å². The molecule has 0 bridgehead atoms. The summed E-state index contributed by atoms with van der Waals surface area (Å²) in [5, 5.41) is 21.4. The summed E-state index contributed by atoms with van der Waals surface area (Å²) < 4.78 is 5.45. The van der Waals surface area contributed by atoms with Gasteiger partial charge >= 0.3 is 11.4 Å². The van der Waals surface area contributed by atoms with Crippen LogP contribution < -0.4 is 4.74 Å². The highest BCUT2D eigenvalue weighted by molar-refractivity contribution is 6.82. The third-order valence-corrected chi connectivity index (χ3v) is 4.50. The normalized spacial score (nSPS) is 10.8. The summed E-state index contributed by atoms with van der Waals surface area (Å²) in [5.74, 6) is 0.250. The fraction of sp³-hybridized carbons (Fsp3) is 0.273. The monoisotopic (exact) mass is 282 g/mol. The zero-order chi connectivity index (χ0) is 14.6. The van der Waals surface area contributed by atoms with Crippen molar-refractivity contribution in [1.82, 2.24) is 0 Å². The molecular weight excluding hydrogens is 268 g/mol. The fourth-order valence-electron chi connectivity index (χ4n) is 1.22. The van der Waals surface area contributed by atoms with Gasteiger partial charge in [0.15, 0.2) is 0 Å². The average molecular weight is 282 g/mol. The lowest BCUT2D eigenvalue weighted by molar-refractivity contribution is -0.422. The Balaban J connectivity index is 3.00. The zero-order valence-corrected chi connectivity index (χ0v) is 11.7. The van der Waals surface area contributed by atoms with E-state index in [9.17, 15) is 20.2 Å². The lowest BCUT2D eigenvalue weighted by Gasteiger charge is -2.17. The van der Waals surface area contributed by atoms with E-state index in [1.165, 1.54) is 6.07 Å². The predicted molar refractivity (Wildman–Crippen MR) is 72.9 cm³/mol. The first-order valence-corrected chi connectivity index (χ1v) is 8.74. The van der Waals surface area contributed by atoms with Crippen LogP contribution in [0.5, 0.6) is 5.75 Å². The summed E-state index contributed by atoms with van der Waals surface area (Å²) in [7, 11) is -1.70. The number of hydrogen-bond acceptors (Lipinski definition) is 5. The quantitative estimate of drug-likeness (QED) is 0.454. The molecule has 0 radical (unpaired) electrons. The van der Waals surface area contributed by atoms with Crippen LogP contribution >= 0.6 is 0 Å². The lowest BCUT2D eigenvalue weighted by Crippen LogP contribution is -2.31. The molecular formula is C11H14N2O5Si. The number of ether oxygens (including phenoxy) is 1. The number of rotatable bonds is 6. The SMILES string of the molecule is C=C[Si](C)(C)COc1ccc([N+](=O)[O-])c([N+](=O)[O-])c1. The van der Waals surface area contributed by atoms with E-state index in [1.807, 2.05) is 18.8 Å². The van der Waals surface area contributed by atoms with E-state index in [4.69, 9.17) is 4.74 Å². The van der Waals surface area contributed by atoms with Gasteiger partial charge in [-0.2, -0.15) is 0 Å². The van der Waals surface area contributed by atoms with Crippen molar-refractivity contribution in [3.05, 3.63) is 50.7 Å². The van der Waals surface area contributed by atoms with Gasteiger partial charge in [0.2, 0.25) is 0 Å². The Bertz CT molecular complexity index is 530. The molecule has 0 aliphatic rings. The predicted octanol–water partition coefficient (Wildman–Crippen LogP) is 2.85. The van der Waals surface area contributed by atoms with Gasteiger partial charge in [-0.15, -0.1) is 6.58 Å². The van der Waals surface area contributed by atoms with Gasteiger partial charge in [-0.3, -0.25) is 20.2 Å². The molecule has 0 atom stereocenters. The highest BCUT2D eigenvalue weighted by Crippen LogP contribution is 2.30. The van der Waals surface area contributed by atoms with Gasteiger partial charge in [0.05, 0.1) is 22.1 Å². The third-order valence-electron chi connectivity index (χ3n) is 2.50. The highest BCUT2D eigenvalue weighted by atomic mass is 28.3. The molecule has 0 aromatic heterocycles. The largest absolute Gasteiger partial charge is 0.497 e. The maximum absolute atomic E-state index is 10.8. The molecule has 0 heterocycles. The minimum Gasteiger partial charge on any atom is -0.497 e. The van der Waals surface area contributed by atoms with Crippen LogP contribution in [-0.2, 0) is 0 Å². The molecule has 7 nitrogen and oxygen atoms in total. The zero-order valence-electron chi connectivity index (χ0n) is 10.7. The van der Waals surface area contributed by atoms with Crippen LogP contribution in [0.1, 0.15) is 0 Å². The molecule has 102 valence electrons. The molecule has 1 rings (SSSR count). The Morgan fingerprint density at radius 3 is 2.32 bits per heavy atom. The highest BCUT2D eigenvalue weighted by Gasteiger charge is 2.25. The Kier molecular flexibility index (Phi) is 4.38. The fourth-order valence-corrected chi connectivity index (χ4v) is 1.88. The molecule has 0 saturated carbocycles. The summed E-state index contributed by atoms with van der Waals surface area (Å²) in [5.41, 5.74) is 0.727. The number of nitro groups is 2. The Labute approximate surface area is 110 Å². The molecule has 0 spiro atoms. The van der Waals surface area contributed by atoms with E-state index < -0.39 is 29.3 Å². The molecule has 0 saturated heterocycles. The summed E-state index contributed by atoms with van der Waals surface area (Å²) in [6.45, 7) is 7.77. The molecule has 0 aliphatic heterocycles. The molecule has 0 N–H and O–H groups in total. The second kappa shape index (κ2) is 5.61. The lowest BCUT2D eigenvalue weighted by atomic mass is 10.2. The smallest absolute Gasteiger partial charge is 0.349 e. The van der Waals surface area contributed by atoms with Crippen molar-refractivity contribution < 1.29 is 14.6 Å². The summed E-state index contributed by atoms with van der Waals surface area (Å²) in [6.07, 6.45) is 0.408. The van der Waals surface area contributed by atoms with Crippen molar-refractivity contribution in [3.8, 4) is 5.75 Å². The van der Waals surface area contributed by atoms with Crippen molar-refractivity contribution in [1.29, 1.82) is 0 Å². The summed E-state index contributed by atoms with van der Waals surface area (Å²) >= 11 is 0. The van der Waals surface area contributed by atoms with E-state index in [0.29, 0.717) is 6.23 Å². The molecule has 0 aliphatic carbocycles. The average Bonchev–Trinajstić information content (AvgIpc) is 2.36. The van der Waals surface area contributed by atoms with Crippen LogP contribution in [-0.4, -0.2) is 24.2 Å². The van der Waals surface area contributed by atoms with Gasteiger partial charge in [0, 0.05) is 6.07 Å². The number of benzene rings is 1. The Morgan fingerprint density at radius 2 is 1.84 bits per heavy atom. The van der Waals surface area contributed by atoms with Crippen LogP contribution in [0.4, 0.5) is 11.4 Å². The molecule has 8 heteroatoms. The van der Waals surface area contributed by atoms with Gasteiger partial charge in [-0.1, -0.05) is 18.8 Å². The van der Waals surface area contributed by atoms with E-state index in [-0.39, 0.29) is 5.75 Å². The van der Waals surface area contributed by atoms with Crippen LogP contribution in [0, 0.1) is 20.2 Å². The van der Waals surface area contributed by atoms with Crippen molar-refractivity contribution in [2.75, 3.05) is 6.23 Å². The van der Waals surface area contributed by atoms with E-state index in [2.05, 4.69) is 6.58 Å². The van der Waals surface area contributed by atoms with Crippen LogP contribution in [0.15, 0.2) is 30.5 Å². The second-order valence-electron chi connectivity index (χ2n) is 4.65. The van der Waals surface area contributed by atoms with Gasteiger partial charge in [0.25, 0.3) is 0 Å². The van der Waals surface area contributed by atoms with Crippen molar-refractivity contribution in [3.63, 3.8) is 0 Å². The first kappa shape index (κ1) is 14.8. The minimum absolute atomic E-state index is 0.250. The minimum atomic E-state index is -1.70. The molecule has 1 aromatic carbocycles. The first-order valence-electron chi connectivity index (χ1n) is 5.46. The van der Waals surface area contributed by atoms with Crippen molar-refractivity contribution in [2.45, 2.75) is 13.1 Å². The second-order valence-corrected chi connectivity index (χ2v) is 9.32. The van der Waals surface area contributed by atoms with E-state index in [1.54, 1.807) is 0 Å². The molecule has 0 amide bonds. The number of nitro benzene ring substituents is 2. The van der Waals surface area contributed by atoms with Crippen molar-refractivity contribution >= 4 is 19.4 Å². The van der Waals surface area contributed by atoms with Crippen LogP contribution in [0.2, 0.25) is 13.1 Å². The van der Waals surface area contributed by atoms with E-state index in [0.717, 1.165) is 12.1 Å². The van der Waals surface area contributed by atoms with Crippen LogP contribution in [0.3, 0.4) is 0 Å². The molecule has 19 heavy (non-hydrogen) atoms. The van der Waals surface area contributed by atoms with Gasteiger partial charge < -0.3 is 4.74 Å². The molecule has 0 fully saturated rings. The summed E-state index contributed by atoms with van der Waals surface area (Å²) in [4.78, 5) is 19.9. The third kappa shape index (κ3) is 3.88. The molecule has 0 unspecified atom stereocenters. The van der Waals surface area contributed by atoms with Crippen LogP contribution in [0.25, 0.3) is 0 Å². The first-order chi connectivity index (χ1) is 8.76. The standard InChI is InChI=1S/C11H14N2O5Si/c1-4-19(2,3)8-18-9-5-6-10(12(14)15)11(7-9)13(16)17/h4-7H,1,8H2,2-3H3. The number of hydrogen-bond donors (Lipinski definition) is 0. The Hall–Kier alpha value is -2.22. The molecule has 1 aromatic rings. The number of nitrogens with zero attached hydrogens (tertiary/aromatic N) is 2. The Morgan fingerprint density at radius 1 is 1.26 bits per heavy atom. The van der Waals surface area contributed by atoms with Gasteiger partial charge in [-0.05, 0) is 6.07 Å². The van der Waals surface area contributed by atoms with Crippen molar-refractivity contribution in [2.24, 2.45) is 0 Å². The topological polar surface area (TPSA) is 95.5 Å². The summed E-state index contributed by atoms with van der Waals surface area (Å²) in [6, 6.07) is 3.51. The maximum atomic E-state index is 10.8. The maximum Gasteiger partial charge on any atom is 0.349 e. The van der Waals surface area contributed by atoms with E-state index >= 15 is 0 Å².